The molecular weight excluding hydrogens is 276 g/mol. The molecule has 0 aliphatic heterocycles. The molecule has 4 nitrogen and oxygen atoms in total. The van der Waals surface area contributed by atoms with Gasteiger partial charge in [-0.05, 0) is 0 Å². The van der Waals surface area contributed by atoms with Crippen LogP contribution in [-0.2, 0) is 0 Å². The number of hydrogen-bond donors (Lipinski definition) is 1. The topological polar surface area (TPSA) is 55.1 Å². The van der Waals surface area contributed by atoms with Crippen LogP contribution >= 0.6 is 0 Å². The van der Waals surface area contributed by atoms with Crippen LogP contribution < -0.4 is 5.32 Å². The maximum atomic E-state index is 11.7. The predicted octanol–water partition coefficient (Wildman–Crippen LogP) is 4.15. The lowest BCUT2D eigenvalue weighted by Crippen LogP contribution is -2.24. The highest BCUT2D eigenvalue weighted by atomic mass is 16.5. The summed E-state index contributed by atoms with van der Waals surface area (Å²) < 4.78 is 5.13. The van der Waals surface area contributed by atoms with Gasteiger partial charge in [-0.15, -0.1) is 12.3 Å². The van der Waals surface area contributed by atoms with Crippen LogP contribution in [0.5, 0.6) is 0 Å². The monoisotopic (exact) mass is 300 g/mol. The third-order valence-corrected chi connectivity index (χ3v) is 2.36. The Balaban J connectivity index is 0.00000102. The molecule has 2 rings (SSSR count). The molecular formula is C18H24N2O2. The number of terminal acetylenes is 1. The second kappa shape index (κ2) is 12.2. The minimum Gasteiger partial charge on any atom is -0.355 e. The molecule has 22 heavy (non-hydrogen) atoms. The molecule has 0 fully saturated rings. The van der Waals surface area contributed by atoms with Crippen molar-refractivity contribution in [3.63, 3.8) is 0 Å². The zero-order chi connectivity index (χ0) is 16.8. The Bertz CT molecular complexity index is 568. The van der Waals surface area contributed by atoms with E-state index in [2.05, 4.69) is 16.4 Å². The summed E-state index contributed by atoms with van der Waals surface area (Å²) in [7, 11) is 0. The van der Waals surface area contributed by atoms with Gasteiger partial charge in [-0.25, -0.2) is 0 Å². The highest BCUT2D eigenvalue weighted by Crippen LogP contribution is 2.19. The molecule has 0 saturated heterocycles. The Morgan fingerprint density at radius 2 is 1.86 bits per heavy atom. The maximum absolute atomic E-state index is 11.7. The second-order valence-corrected chi connectivity index (χ2v) is 3.65. The van der Waals surface area contributed by atoms with Gasteiger partial charge in [-0.2, -0.15) is 0 Å². The van der Waals surface area contributed by atoms with E-state index in [0.29, 0.717) is 18.7 Å². The summed E-state index contributed by atoms with van der Waals surface area (Å²) in [5.74, 6) is 2.73. The van der Waals surface area contributed by atoms with Crippen LogP contribution in [0.2, 0.25) is 0 Å². The Labute approximate surface area is 132 Å². The van der Waals surface area contributed by atoms with Crippen LogP contribution in [0.3, 0.4) is 0 Å². The fraction of sp³-hybridized carbons (Fsp3) is 0.333. The van der Waals surface area contributed by atoms with E-state index in [4.69, 9.17) is 10.9 Å². The van der Waals surface area contributed by atoms with Crippen molar-refractivity contribution in [3.8, 4) is 23.7 Å². The molecule has 1 aromatic heterocycles. The summed E-state index contributed by atoms with van der Waals surface area (Å²) in [4.78, 5) is 11.7. The molecule has 0 unspecified atom stereocenters. The average molecular weight is 300 g/mol. The molecule has 0 spiro atoms. The normalized spacial score (nSPS) is 8.50. The summed E-state index contributed by atoms with van der Waals surface area (Å²) in [6.45, 7) is 8.43. The lowest BCUT2D eigenvalue weighted by molar-refractivity contribution is 0.0945. The number of carbonyl (C=O) groups is 1. The van der Waals surface area contributed by atoms with Crippen molar-refractivity contribution in [2.24, 2.45) is 0 Å². The Kier molecular flexibility index (Phi) is 10.8. The van der Waals surface area contributed by atoms with Gasteiger partial charge < -0.3 is 9.84 Å². The highest BCUT2D eigenvalue weighted by Gasteiger charge is 2.12. The first-order chi connectivity index (χ1) is 10.8. The van der Waals surface area contributed by atoms with Gasteiger partial charge in [0.2, 0.25) is 0 Å². The minimum atomic E-state index is -0.281. The first-order valence-electron chi connectivity index (χ1n) is 7.55. The van der Waals surface area contributed by atoms with Crippen LogP contribution in [0.1, 0.15) is 44.6 Å². The zero-order valence-corrected chi connectivity index (χ0v) is 13.7. The molecule has 1 heterocycles. The largest absolute Gasteiger partial charge is 0.355 e. The number of aromatic nitrogens is 1. The number of hydrogen-bond acceptors (Lipinski definition) is 3. The highest BCUT2D eigenvalue weighted by molar-refractivity contribution is 5.93. The van der Waals surface area contributed by atoms with Crippen molar-refractivity contribution >= 4 is 5.91 Å². The molecule has 0 saturated carbocycles. The molecule has 0 atom stereocenters. The van der Waals surface area contributed by atoms with Gasteiger partial charge in [-0.1, -0.05) is 63.2 Å². The van der Waals surface area contributed by atoms with Gasteiger partial charge in [0.25, 0.3) is 5.91 Å². The number of rotatable bonds is 4. The SMILES string of the molecule is C#CCCNC(=O)c1cc(-c2ccccc2)on1.CC.CC. The summed E-state index contributed by atoms with van der Waals surface area (Å²) in [6, 6.07) is 11.1. The quantitative estimate of drug-likeness (QED) is 0.681. The Morgan fingerprint density at radius 3 is 2.45 bits per heavy atom. The third kappa shape index (κ3) is 6.27. The van der Waals surface area contributed by atoms with Crippen LogP contribution in [0.25, 0.3) is 11.3 Å². The van der Waals surface area contributed by atoms with Gasteiger partial charge >= 0.3 is 0 Å². The van der Waals surface area contributed by atoms with E-state index in [0.717, 1.165) is 5.56 Å². The standard InChI is InChI=1S/C14H12N2O2.2C2H6/c1-2-3-9-15-14(17)12-10-13(18-16-12)11-7-5-4-6-8-11;2*1-2/h1,4-8,10H,3,9H2,(H,15,17);2*1-2H3. The number of nitrogens with one attached hydrogen (secondary N) is 1. The Hall–Kier alpha value is -2.54. The van der Waals surface area contributed by atoms with E-state index >= 15 is 0 Å². The van der Waals surface area contributed by atoms with Crippen LogP contribution in [-0.4, -0.2) is 17.6 Å². The van der Waals surface area contributed by atoms with E-state index in [9.17, 15) is 4.79 Å². The van der Waals surface area contributed by atoms with Gasteiger partial charge in [-0.3, -0.25) is 4.79 Å². The van der Waals surface area contributed by atoms with Gasteiger partial charge in [0.05, 0.1) is 0 Å². The summed E-state index contributed by atoms with van der Waals surface area (Å²) >= 11 is 0. The van der Waals surface area contributed by atoms with E-state index in [1.807, 2.05) is 58.0 Å². The van der Waals surface area contributed by atoms with Crippen molar-refractivity contribution in [1.82, 2.24) is 10.5 Å². The smallest absolute Gasteiger partial charge is 0.273 e. The summed E-state index contributed by atoms with van der Waals surface area (Å²) in [6.07, 6.45) is 5.59. The first-order valence-corrected chi connectivity index (χ1v) is 7.55. The molecule has 0 bridgehead atoms. The third-order valence-electron chi connectivity index (χ3n) is 2.36. The van der Waals surface area contributed by atoms with E-state index in [1.54, 1.807) is 6.07 Å². The van der Waals surface area contributed by atoms with Crippen LogP contribution in [0, 0.1) is 12.3 Å². The first kappa shape index (κ1) is 19.5. The van der Waals surface area contributed by atoms with Crippen molar-refractivity contribution in [1.29, 1.82) is 0 Å². The van der Waals surface area contributed by atoms with Crippen LogP contribution in [0.4, 0.5) is 0 Å². The number of benzene rings is 1. The van der Waals surface area contributed by atoms with Gasteiger partial charge in [0.1, 0.15) is 0 Å². The molecule has 4 heteroatoms. The zero-order valence-electron chi connectivity index (χ0n) is 13.7. The maximum Gasteiger partial charge on any atom is 0.273 e. The van der Waals surface area contributed by atoms with Gasteiger partial charge in [0.15, 0.2) is 11.5 Å². The molecule has 0 aliphatic rings. The van der Waals surface area contributed by atoms with E-state index < -0.39 is 0 Å². The van der Waals surface area contributed by atoms with Crippen molar-refractivity contribution in [2.45, 2.75) is 34.1 Å². The summed E-state index contributed by atoms with van der Waals surface area (Å²) in [5.41, 5.74) is 1.14. The fourth-order valence-corrected chi connectivity index (χ4v) is 1.46. The number of nitrogens with zero attached hydrogens (tertiary/aromatic N) is 1. The molecule has 0 aliphatic carbocycles. The van der Waals surface area contributed by atoms with Crippen molar-refractivity contribution < 1.29 is 9.32 Å². The predicted molar refractivity (Wildman–Crippen MR) is 90.4 cm³/mol. The summed E-state index contributed by atoms with van der Waals surface area (Å²) in [5, 5.41) is 6.39. The van der Waals surface area contributed by atoms with Crippen LogP contribution in [0.15, 0.2) is 40.9 Å². The molecule has 2 aromatic rings. The van der Waals surface area contributed by atoms with E-state index in [-0.39, 0.29) is 11.6 Å². The van der Waals surface area contributed by atoms with Crippen molar-refractivity contribution in [2.75, 3.05) is 6.54 Å². The van der Waals surface area contributed by atoms with E-state index in [1.165, 1.54) is 0 Å². The number of amides is 1. The lowest BCUT2D eigenvalue weighted by Gasteiger charge is -1.97. The average Bonchev–Trinajstić information content (AvgIpc) is 3.10. The molecule has 118 valence electrons. The lowest BCUT2D eigenvalue weighted by atomic mass is 10.1. The number of carbonyl (C=O) groups excluding carboxylic acids is 1. The molecule has 0 radical (unpaired) electrons. The van der Waals surface area contributed by atoms with Gasteiger partial charge in [0, 0.05) is 24.6 Å². The second-order valence-electron chi connectivity index (χ2n) is 3.65. The minimum absolute atomic E-state index is 0.255. The van der Waals surface area contributed by atoms with Crippen molar-refractivity contribution in [3.05, 3.63) is 42.1 Å². The fourth-order valence-electron chi connectivity index (χ4n) is 1.46. The Morgan fingerprint density at radius 1 is 1.23 bits per heavy atom. The molecule has 1 amide bonds. The molecule has 1 aromatic carbocycles. The molecule has 1 N–H and O–H groups in total.